The average Bonchev–Trinajstić information content (AvgIpc) is 3.22. The second-order valence-corrected chi connectivity index (χ2v) is 8.02. The number of pyridine rings is 1. The smallest absolute Gasteiger partial charge is 0.264 e. The van der Waals surface area contributed by atoms with Crippen LogP contribution in [0.15, 0.2) is 53.6 Å². The van der Waals surface area contributed by atoms with Crippen molar-refractivity contribution in [2.75, 3.05) is 13.6 Å². The van der Waals surface area contributed by atoms with E-state index in [0.29, 0.717) is 38.9 Å². The van der Waals surface area contributed by atoms with Crippen LogP contribution in [-0.2, 0) is 37.8 Å². The van der Waals surface area contributed by atoms with Crippen molar-refractivity contribution in [2.24, 2.45) is 7.05 Å². The fraction of sp³-hybridized carbons (Fsp3) is 0.333. The number of rotatable bonds is 6. The molecule has 166 valence electrons. The van der Waals surface area contributed by atoms with Crippen molar-refractivity contribution in [3.8, 4) is 0 Å². The van der Waals surface area contributed by atoms with Crippen molar-refractivity contribution in [3.05, 3.63) is 87.1 Å². The fourth-order valence-corrected chi connectivity index (χ4v) is 4.22. The van der Waals surface area contributed by atoms with Crippen LogP contribution >= 0.6 is 0 Å². The van der Waals surface area contributed by atoms with Crippen molar-refractivity contribution in [2.45, 2.75) is 32.4 Å². The van der Waals surface area contributed by atoms with Crippen LogP contribution in [0.1, 0.15) is 39.2 Å². The van der Waals surface area contributed by atoms with Crippen molar-refractivity contribution in [1.29, 1.82) is 0 Å². The predicted molar refractivity (Wildman–Crippen MR) is 120 cm³/mol. The molecule has 1 aliphatic heterocycles. The lowest BCUT2D eigenvalue weighted by atomic mass is 9.95. The number of aromatic nitrogens is 3. The first-order valence-electron chi connectivity index (χ1n) is 10.7. The zero-order valence-electron chi connectivity index (χ0n) is 18.4. The number of carbonyl (C=O) groups is 2. The molecule has 0 fully saturated rings. The van der Waals surface area contributed by atoms with Crippen LogP contribution in [0.5, 0.6) is 0 Å². The Balaban J connectivity index is 1.60. The molecule has 0 saturated carbocycles. The molecule has 1 aliphatic rings. The van der Waals surface area contributed by atoms with Crippen LogP contribution in [0, 0.1) is 0 Å². The third-order valence-corrected chi connectivity index (χ3v) is 5.99. The Hall–Kier alpha value is -3.68. The minimum absolute atomic E-state index is 0.0548. The van der Waals surface area contributed by atoms with Crippen LogP contribution in [0.3, 0.4) is 0 Å². The molecular weight excluding hydrogens is 406 g/mol. The van der Waals surface area contributed by atoms with Gasteiger partial charge in [0.1, 0.15) is 5.56 Å². The number of hydrogen-bond acceptors (Lipinski definition) is 4. The second-order valence-electron chi connectivity index (χ2n) is 8.02. The first kappa shape index (κ1) is 21.5. The van der Waals surface area contributed by atoms with E-state index in [9.17, 15) is 14.4 Å². The highest BCUT2D eigenvalue weighted by atomic mass is 16.2. The molecule has 2 amide bonds. The first-order valence-corrected chi connectivity index (χ1v) is 10.7. The van der Waals surface area contributed by atoms with E-state index in [1.807, 2.05) is 48.3 Å². The van der Waals surface area contributed by atoms with Gasteiger partial charge in [0.15, 0.2) is 0 Å². The van der Waals surface area contributed by atoms with Gasteiger partial charge in [0, 0.05) is 51.7 Å². The Kier molecular flexibility index (Phi) is 6.20. The molecule has 0 atom stereocenters. The molecule has 4 rings (SSSR count). The number of hydrogen-bond donors (Lipinski definition) is 1. The fourth-order valence-electron chi connectivity index (χ4n) is 4.22. The van der Waals surface area contributed by atoms with E-state index < -0.39 is 0 Å². The summed E-state index contributed by atoms with van der Waals surface area (Å²) in [7, 11) is 3.39. The lowest BCUT2D eigenvalue weighted by Gasteiger charge is -2.30. The third kappa shape index (κ3) is 4.34. The molecule has 0 unspecified atom stereocenters. The number of aryl methyl sites for hydroxylation is 2. The van der Waals surface area contributed by atoms with Gasteiger partial charge in [0.25, 0.3) is 11.5 Å². The minimum atomic E-state index is -0.385. The molecular formula is C24H27N5O3. The summed E-state index contributed by atoms with van der Waals surface area (Å²) in [6, 6.07) is 11.6. The van der Waals surface area contributed by atoms with Gasteiger partial charge in [0.2, 0.25) is 5.91 Å². The Morgan fingerprint density at radius 3 is 2.62 bits per heavy atom. The molecule has 3 aromatic rings. The van der Waals surface area contributed by atoms with Gasteiger partial charge in [-0.25, -0.2) is 0 Å². The van der Waals surface area contributed by atoms with Crippen LogP contribution in [0.2, 0.25) is 0 Å². The van der Waals surface area contributed by atoms with Crippen LogP contribution in [-0.4, -0.2) is 44.7 Å². The molecule has 0 radical (unpaired) electrons. The minimum Gasteiger partial charge on any atom is -0.355 e. The zero-order chi connectivity index (χ0) is 22.7. The topological polar surface area (TPSA) is 89.2 Å². The predicted octanol–water partition coefficient (Wildman–Crippen LogP) is 1.51. The molecule has 1 N–H and O–H groups in total. The summed E-state index contributed by atoms with van der Waals surface area (Å²) in [5.74, 6) is -0.330. The molecule has 2 aromatic heterocycles. The molecule has 1 aromatic carbocycles. The highest BCUT2D eigenvalue weighted by molar-refractivity contribution is 5.95. The van der Waals surface area contributed by atoms with E-state index in [2.05, 4.69) is 10.4 Å². The van der Waals surface area contributed by atoms with E-state index in [0.717, 1.165) is 22.4 Å². The van der Waals surface area contributed by atoms with E-state index in [4.69, 9.17) is 0 Å². The highest BCUT2D eigenvalue weighted by Gasteiger charge is 2.27. The summed E-state index contributed by atoms with van der Waals surface area (Å²) in [4.78, 5) is 40.4. The van der Waals surface area contributed by atoms with Gasteiger partial charge in [0.05, 0.1) is 6.54 Å². The van der Waals surface area contributed by atoms with Gasteiger partial charge in [-0.15, -0.1) is 0 Å². The lowest BCUT2D eigenvalue weighted by molar-refractivity contribution is -0.132. The maximum absolute atomic E-state index is 13.1. The lowest BCUT2D eigenvalue weighted by Crippen LogP contribution is -2.41. The largest absolute Gasteiger partial charge is 0.355 e. The Bertz CT molecular complexity index is 1200. The number of amides is 2. The zero-order valence-corrected chi connectivity index (χ0v) is 18.4. The van der Waals surface area contributed by atoms with Crippen LogP contribution < -0.4 is 10.9 Å². The summed E-state index contributed by atoms with van der Waals surface area (Å²) in [5, 5.41) is 6.74. The van der Waals surface area contributed by atoms with Crippen molar-refractivity contribution in [1.82, 2.24) is 24.6 Å². The molecule has 0 spiro atoms. The van der Waals surface area contributed by atoms with Gasteiger partial charge in [-0.2, -0.15) is 5.10 Å². The Morgan fingerprint density at radius 2 is 1.94 bits per heavy atom. The van der Waals surface area contributed by atoms with E-state index in [1.165, 1.54) is 7.05 Å². The van der Waals surface area contributed by atoms with Crippen molar-refractivity contribution in [3.63, 3.8) is 0 Å². The quantitative estimate of drug-likeness (QED) is 0.638. The van der Waals surface area contributed by atoms with Gasteiger partial charge in [-0.05, 0) is 35.6 Å². The van der Waals surface area contributed by atoms with Gasteiger partial charge in [-0.1, -0.05) is 30.3 Å². The second kappa shape index (κ2) is 9.21. The monoisotopic (exact) mass is 433 g/mol. The number of nitrogens with zero attached hydrogens (tertiary/aromatic N) is 4. The van der Waals surface area contributed by atoms with Crippen LogP contribution in [0.4, 0.5) is 0 Å². The van der Waals surface area contributed by atoms with E-state index in [1.54, 1.807) is 21.6 Å². The maximum Gasteiger partial charge on any atom is 0.264 e. The number of fused-ring (bicyclic) bond motifs is 1. The maximum atomic E-state index is 13.1. The Morgan fingerprint density at radius 1 is 1.16 bits per heavy atom. The summed E-state index contributed by atoms with van der Waals surface area (Å²) in [6.07, 6.45) is 5.02. The third-order valence-electron chi connectivity index (χ3n) is 5.99. The highest BCUT2D eigenvalue weighted by Crippen LogP contribution is 2.22. The van der Waals surface area contributed by atoms with Gasteiger partial charge >= 0.3 is 0 Å². The number of nitrogens with one attached hydrogen (secondary N) is 1. The normalized spacial score (nSPS) is 13.0. The molecule has 32 heavy (non-hydrogen) atoms. The van der Waals surface area contributed by atoms with E-state index in [-0.39, 0.29) is 22.9 Å². The van der Waals surface area contributed by atoms with Gasteiger partial charge < -0.3 is 14.8 Å². The standard InChI is InChI=1S/C24H27N5O3/c1-25-23(31)22-20-11-13-28(21(30)9-8-19-10-12-26-27(19)2)15-18(20)16-29(24(22)32)14-17-6-4-3-5-7-17/h3-7,10,12,16H,8-9,11,13-15H2,1-2H3,(H,25,31). The summed E-state index contributed by atoms with van der Waals surface area (Å²) in [6.45, 7) is 1.24. The summed E-state index contributed by atoms with van der Waals surface area (Å²) >= 11 is 0. The SMILES string of the molecule is CNC(=O)c1c2c(cn(Cc3ccccc3)c1=O)CN(C(=O)CCc1ccnn1C)CC2. The molecule has 8 nitrogen and oxygen atoms in total. The van der Waals surface area contributed by atoms with Gasteiger partial charge in [-0.3, -0.25) is 19.1 Å². The molecule has 0 saturated heterocycles. The first-order chi connectivity index (χ1) is 15.5. The average molecular weight is 434 g/mol. The number of carbonyl (C=O) groups excluding carboxylic acids is 2. The van der Waals surface area contributed by atoms with Crippen molar-refractivity contribution < 1.29 is 9.59 Å². The van der Waals surface area contributed by atoms with Crippen molar-refractivity contribution >= 4 is 11.8 Å². The summed E-state index contributed by atoms with van der Waals surface area (Å²) in [5.41, 5.74) is 3.45. The molecule has 8 heteroatoms. The summed E-state index contributed by atoms with van der Waals surface area (Å²) < 4.78 is 3.35. The number of benzene rings is 1. The molecule has 0 aliphatic carbocycles. The molecule has 3 heterocycles. The van der Waals surface area contributed by atoms with E-state index >= 15 is 0 Å². The molecule has 0 bridgehead atoms. The Labute approximate surface area is 186 Å². The van der Waals surface area contributed by atoms with Crippen LogP contribution in [0.25, 0.3) is 0 Å².